The number of hydrogen-bond donors (Lipinski definition) is 1. The summed E-state index contributed by atoms with van der Waals surface area (Å²) in [4.78, 5) is 42.1. The summed E-state index contributed by atoms with van der Waals surface area (Å²) in [6.45, 7) is 3.34. The zero-order valence-electron chi connectivity index (χ0n) is 18.6. The second-order valence-electron chi connectivity index (χ2n) is 8.33. The maximum absolute atomic E-state index is 12.7. The summed E-state index contributed by atoms with van der Waals surface area (Å²) in [5.41, 5.74) is 0.943. The summed E-state index contributed by atoms with van der Waals surface area (Å²) in [5, 5.41) is 3.72. The number of carbonyl (C=O) groups is 2. The van der Waals surface area contributed by atoms with Gasteiger partial charge in [-0.25, -0.2) is 9.97 Å². The number of hydrogen-bond acceptors (Lipinski definition) is 7. The molecule has 0 radical (unpaired) electrons. The van der Waals surface area contributed by atoms with E-state index in [1.165, 1.54) is 24.6 Å². The summed E-state index contributed by atoms with van der Waals surface area (Å²) >= 11 is 7.50. The van der Waals surface area contributed by atoms with Gasteiger partial charge in [0, 0.05) is 63.0 Å². The average molecular weight is 489 g/mol. The molecule has 1 saturated carbocycles. The highest BCUT2D eigenvalue weighted by Gasteiger charge is 2.29. The number of nitrogens with one attached hydrogen (secondary N) is 1. The van der Waals surface area contributed by atoms with Crippen molar-refractivity contribution < 1.29 is 9.59 Å². The van der Waals surface area contributed by atoms with Gasteiger partial charge in [-0.05, 0) is 25.0 Å². The van der Waals surface area contributed by atoms with Crippen molar-refractivity contribution in [2.24, 2.45) is 5.92 Å². The zero-order valence-corrected chi connectivity index (χ0v) is 20.2. The molecule has 1 N–H and O–H groups in total. The van der Waals surface area contributed by atoms with Crippen molar-refractivity contribution in [1.29, 1.82) is 0 Å². The molecule has 2 aromatic rings. The van der Waals surface area contributed by atoms with Crippen LogP contribution in [0.3, 0.4) is 0 Å². The number of rotatable bonds is 8. The van der Waals surface area contributed by atoms with Crippen LogP contribution in [0.4, 0.5) is 5.82 Å². The van der Waals surface area contributed by atoms with Crippen LogP contribution in [0.2, 0.25) is 5.15 Å². The van der Waals surface area contributed by atoms with Crippen molar-refractivity contribution in [2.45, 2.75) is 37.3 Å². The molecule has 2 amide bonds. The molecule has 3 heterocycles. The Morgan fingerprint density at radius 2 is 1.91 bits per heavy atom. The van der Waals surface area contributed by atoms with E-state index in [0.29, 0.717) is 55.4 Å². The fraction of sp³-hybridized carbons (Fsp3) is 0.522. The topological polar surface area (TPSA) is 91.3 Å². The molecule has 33 heavy (non-hydrogen) atoms. The van der Waals surface area contributed by atoms with Crippen LogP contribution in [0.25, 0.3) is 0 Å². The Bertz CT molecular complexity index is 949. The maximum Gasteiger partial charge on any atom is 0.230 e. The number of carbonyl (C=O) groups excluding carboxylic acids is 2. The van der Waals surface area contributed by atoms with Gasteiger partial charge in [-0.15, -0.1) is 0 Å². The molecule has 10 heteroatoms. The fourth-order valence-electron chi connectivity index (χ4n) is 4.26. The van der Waals surface area contributed by atoms with Crippen LogP contribution in [0, 0.1) is 5.92 Å². The smallest absolute Gasteiger partial charge is 0.230 e. The van der Waals surface area contributed by atoms with E-state index in [0.717, 1.165) is 24.4 Å². The molecule has 0 unspecified atom stereocenters. The molecule has 1 saturated heterocycles. The number of aromatic nitrogens is 3. The fourth-order valence-corrected chi connectivity index (χ4v) is 5.17. The Morgan fingerprint density at radius 3 is 2.64 bits per heavy atom. The lowest BCUT2D eigenvalue weighted by molar-refractivity contribution is -0.135. The van der Waals surface area contributed by atoms with Gasteiger partial charge in [0.25, 0.3) is 0 Å². The summed E-state index contributed by atoms with van der Waals surface area (Å²) in [5.74, 6) is 1.38. The average Bonchev–Trinajstić information content (AvgIpc) is 3.38. The van der Waals surface area contributed by atoms with Crippen molar-refractivity contribution in [2.75, 3.05) is 43.4 Å². The third-order valence-electron chi connectivity index (χ3n) is 6.04. The van der Waals surface area contributed by atoms with E-state index >= 15 is 0 Å². The van der Waals surface area contributed by atoms with Gasteiger partial charge in [0.05, 0.1) is 5.75 Å². The first-order chi connectivity index (χ1) is 16.1. The number of pyridine rings is 1. The van der Waals surface area contributed by atoms with Gasteiger partial charge in [-0.3, -0.25) is 14.6 Å². The number of nitrogens with zero attached hydrogens (tertiary/aromatic N) is 5. The predicted octanol–water partition coefficient (Wildman–Crippen LogP) is 2.81. The van der Waals surface area contributed by atoms with E-state index in [1.807, 2.05) is 23.1 Å². The summed E-state index contributed by atoms with van der Waals surface area (Å²) in [6, 6.07) is 7.48. The molecule has 0 bridgehead atoms. The van der Waals surface area contributed by atoms with E-state index < -0.39 is 0 Å². The Labute approximate surface area is 203 Å². The van der Waals surface area contributed by atoms with Gasteiger partial charge in [-0.2, -0.15) is 0 Å². The molecule has 1 aliphatic heterocycles. The lowest BCUT2D eigenvalue weighted by Gasteiger charge is -2.36. The lowest BCUT2D eigenvalue weighted by atomic mass is 10.1. The van der Waals surface area contributed by atoms with E-state index in [1.54, 1.807) is 12.3 Å². The SMILES string of the molecule is O=C(CSc1nc(Cl)cc(N2CCN(C(=O)C3CCCC3)CC2)n1)NCCc1ccccn1. The van der Waals surface area contributed by atoms with Crippen molar-refractivity contribution in [3.63, 3.8) is 0 Å². The van der Waals surface area contributed by atoms with E-state index in [2.05, 4.69) is 25.2 Å². The number of piperazine rings is 1. The molecule has 2 aliphatic rings. The highest BCUT2D eigenvalue weighted by Crippen LogP contribution is 2.28. The first kappa shape index (κ1) is 23.8. The minimum Gasteiger partial charge on any atom is -0.355 e. The van der Waals surface area contributed by atoms with Crippen LogP contribution >= 0.6 is 23.4 Å². The van der Waals surface area contributed by atoms with Gasteiger partial charge < -0.3 is 15.1 Å². The van der Waals surface area contributed by atoms with Crippen molar-refractivity contribution in [1.82, 2.24) is 25.2 Å². The Balaban J connectivity index is 1.24. The van der Waals surface area contributed by atoms with E-state index in [9.17, 15) is 9.59 Å². The van der Waals surface area contributed by atoms with Gasteiger partial charge in [0.15, 0.2) is 5.16 Å². The van der Waals surface area contributed by atoms with Crippen molar-refractivity contribution in [3.05, 3.63) is 41.3 Å². The molecule has 0 aromatic carbocycles. The van der Waals surface area contributed by atoms with Crippen LogP contribution < -0.4 is 10.2 Å². The third kappa shape index (κ3) is 6.80. The molecule has 0 spiro atoms. The predicted molar refractivity (Wildman–Crippen MR) is 129 cm³/mol. The molecule has 1 aliphatic carbocycles. The van der Waals surface area contributed by atoms with Crippen LogP contribution in [0.15, 0.2) is 35.6 Å². The second-order valence-corrected chi connectivity index (χ2v) is 9.66. The molecule has 2 aromatic heterocycles. The van der Waals surface area contributed by atoms with Crippen LogP contribution in [0.5, 0.6) is 0 Å². The summed E-state index contributed by atoms with van der Waals surface area (Å²) in [7, 11) is 0. The van der Waals surface area contributed by atoms with Crippen LogP contribution in [-0.4, -0.2) is 70.1 Å². The van der Waals surface area contributed by atoms with Crippen LogP contribution in [-0.2, 0) is 16.0 Å². The van der Waals surface area contributed by atoms with E-state index in [4.69, 9.17) is 11.6 Å². The highest BCUT2D eigenvalue weighted by atomic mass is 35.5. The minimum absolute atomic E-state index is 0.0832. The van der Waals surface area contributed by atoms with Crippen molar-refractivity contribution >= 4 is 41.0 Å². The zero-order chi connectivity index (χ0) is 23.0. The number of halogens is 1. The standard InChI is InChI=1S/C23H29ClN6O2S/c24-19-15-20(29-11-13-30(14-12-29)22(32)17-5-1-2-6-17)28-23(27-19)33-16-21(31)26-10-8-18-7-3-4-9-25-18/h3-4,7,9,15,17H,1-2,5-6,8,10-14,16H2,(H,26,31). The van der Waals surface area contributed by atoms with Crippen LogP contribution in [0.1, 0.15) is 31.4 Å². The summed E-state index contributed by atoms with van der Waals surface area (Å²) in [6.07, 6.45) is 6.81. The van der Waals surface area contributed by atoms with Gasteiger partial charge >= 0.3 is 0 Å². The maximum atomic E-state index is 12.7. The van der Waals surface area contributed by atoms with Crippen molar-refractivity contribution in [3.8, 4) is 0 Å². The molecule has 2 fully saturated rings. The number of amides is 2. The first-order valence-electron chi connectivity index (χ1n) is 11.5. The highest BCUT2D eigenvalue weighted by molar-refractivity contribution is 7.99. The quantitative estimate of drug-likeness (QED) is 0.347. The molecule has 4 rings (SSSR count). The third-order valence-corrected chi connectivity index (χ3v) is 7.08. The van der Waals surface area contributed by atoms with Gasteiger partial charge in [-0.1, -0.05) is 42.3 Å². The molecular formula is C23H29ClN6O2S. The molecular weight excluding hydrogens is 460 g/mol. The minimum atomic E-state index is -0.0832. The Hall–Kier alpha value is -2.39. The number of anilines is 1. The molecule has 176 valence electrons. The molecule has 8 nitrogen and oxygen atoms in total. The second kappa shape index (κ2) is 11.7. The van der Waals surface area contributed by atoms with Gasteiger partial charge in [0.2, 0.25) is 11.8 Å². The monoisotopic (exact) mass is 488 g/mol. The Kier molecular flexibility index (Phi) is 8.39. The largest absolute Gasteiger partial charge is 0.355 e. The Morgan fingerprint density at radius 1 is 1.12 bits per heavy atom. The van der Waals surface area contributed by atoms with Gasteiger partial charge in [0.1, 0.15) is 11.0 Å². The normalized spacial score (nSPS) is 16.8. The first-order valence-corrected chi connectivity index (χ1v) is 12.8. The lowest BCUT2D eigenvalue weighted by Crippen LogP contribution is -2.50. The summed E-state index contributed by atoms with van der Waals surface area (Å²) < 4.78 is 0. The van der Waals surface area contributed by atoms with E-state index in [-0.39, 0.29) is 17.6 Å². The number of thioether (sulfide) groups is 1. The molecule has 0 atom stereocenters.